The molecule has 1 aromatic rings. The van der Waals surface area contributed by atoms with Crippen molar-refractivity contribution in [3.05, 3.63) is 23.8 Å². The molecule has 1 atom stereocenters. The van der Waals surface area contributed by atoms with E-state index >= 15 is 0 Å². The Hall–Kier alpha value is -1.26. The van der Waals surface area contributed by atoms with Crippen LogP contribution in [0.15, 0.2) is 18.2 Å². The zero-order valence-corrected chi connectivity index (χ0v) is 13.8. The maximum Gasteiger partial charge on any atom is 0.161 e. The Labute approximate surface area is 128 Å². The normalized spacial score (nSPS) is 12.5. The van der Waals surface area contributed by atoms with E-state index in [2.05, 4.69) is 18.7 Å². The predicted octanol–water partition coefficient (Wildman–Crippen LogP) is 3.25. The molecule has 0 aliphatic heterocycles. The van der Waals surface area contributed by atoms with Gasteiger partial charge in [0.1, 0.15) is 0 Å². The van der Waals surface area contributed by atoms with Crippen LogP contribution in [0, 0.1) is 0 Å². The summed E-state index contributed by atoms with van der Waals surface area (Å²) < 4.78 is 10.5. The van der Waals surface area contributed by atoms with Crippen molar-refractivity contribution in [3.8, 4) is 11.5 Å². The Morgan fingerprint density at radius 2 is 1.62 bits per heavy atom. The van der Waals surface area contributed by atoms with Crippen LogP contribution in [0.1, 0.15) is 44.8 Å². The van der Waals surface area contributed by atoms with Gasteiger partial charge in [0.25, 0.3) is 0 Å². The van der Waals surface area contributed by atoms with Crippen LogP contribution in [-0.2, 0) is 0 Å². The summed E-state index contributed by atoms with van der Waals surface area (Å²) in [5.74, 6) is 1.35. The second kappa shape index (κ2) is 9.64. The van der Waals surface area contributed by atoms with Crippen LogP contribution in [-0.4, -0.2) is 43.9 Å². The summed E-state index contributed by atoms with van der Waals surface area (Å²) in [5.41, 5.74) is 0.876. The molecule has 0 radical (unpaired) electrons. The fourth-order valence-corrected chi connectivity index (χ4v) is 2.50. The van der Waals surface area contributed by atoms with Gasteiger partial charge in [0.2, 0.25) is 0 Å². The number of ether oxygens (including phenoxy) is 2. The zero-order chi connectivity index (χ0) is 15.7. The first-order chi connectivity index (χ1) is 10.2. The Bertz CT molecular complexity index is 403. The average Bonchev–Trinajstić information content (AvgIpc) is 2.52. The van der Waals surface area contributed by atoms with Crippen molar-refractivity contribution in [1.29, 1.82) is 0 Å². The quantitative estimate of drug-likeness (QED) is 0.719. The van der Waals surface area contributed by atoms with Gasteiger partial charge in [0.05, 0.1) is 20.3 Å². The fourth-order valence-electron chi connectivity index (χ4n) is 2.50. The second-order valence-corrected chi connectivity index (χ2v) is 5.26. The Balaban J connectivity index is 2.64. The summed E-state index contributed by atoms with van der Waals surface area (Å²) in [6.45, 7) is 7.47. The van der Waals surface area contributed by atoms with Crippen molar-refractivity contribution in [3.63, 3.8) is 0 Å². The average molecular weight is 295 g/mol. The third kappa shape index (κ3) is 5.56. The minimum atomic E-state index is -0.471. The van der Waals surface area contributed by atoms with Gasteiger partial charge in [0.15, 0.2) is 11.5 Å². The summed E-state index contributed by atoms with van der Waals surface area (Å²) in [5, 5.41) is 10.4. The van der Waals surface area contributed by atoms with E-state index in [1.807, 2.05) is 18.2 Å². The predicted molar refractivity (Wildman–Crippen MR) is 86.1 cm³/mol. The second-order valence-electron chi connectivity index (χ2n) is 5.26. The number of aliphatic hydroxyl groups excluding tert-OH is 1. The summed E-state index contributed by atoms with van der Waals surface area (Å²) >= 11 is 0. The number of nitrogens with zero attached hydrogens (tertiary/aromatic N) is 1. The number of rotatable bonds is 10. The molecule has 1 unspecified atom stereocenters. The third-order valence-corrected chi connectivity index (χ3v) is 3.59. The highest BCUT2D eigenvalue weighted by atomic mass is 16.5. The molecule has 0 bridgehead atoms. The third-order valence-electron chi connectivity index (χ3n) is 3.59. The zero-order valence-electron chi connectivity index (χ0n) is 13.8. The van der Waals surface area contributed by atoms with E-state index in [9.17, 15) is 5.11 Å². The lowest BCUT2D eigenvalue weighted by molar-refractivity contribution is 0.141. The van der Waals surface area contributed by atoms with E-state index < -0.39 is 6.10 Å². The fraction of sp³-hybridized carbons (Fsp3) is 0.647. The molecule has 0 saturated heterocycles. The standard InChI is InChI=1S/C17H29NO3/c1-5-10-18(11-6-2)12-9-15(19)14-7-8-16(20-3)17(13-14)21-4/h7-8,13,15,19H,5-6,9-12H2,1-4H3. The molecule has 1 N–H and O–H groups in total. The molecule has 0 fully saturated rings. The number of aliphatic hydroxyl groups is 1. The van der Waals surface area contributed by atoms with Crippen molar-refractivity contribution < 1.29 is 14.6 Å². The Morgan fingerprint density at radius 3 is 2.14 bits per heavy atom. The van der Waals surface area contributed by atoms with Gasteiger partial charge >= 0.3 is 0 Å². The molecule has 120 valence electrons. The minimum Gasteiger partial charge on any atom is -0.493 e. The van der Waals surface area contributed by atoms with Gasteiger partial charge in [-0.3, -0.25) is 0 Å². The van der Waals surface area contributed by atoms with Crippen LogP contribution in [0.2, 0.25) is 0 Å². The lowest BCUT2D eigenvalue weighted by Crippen LogP contribution is -2.27. The van der Waals surface area contributed by atoms with Crippen molar-refractivity contribution in [2.45, 2.75) is 39.2 Å². The van der Waals surface area contributed by atoms with Gasteiger partial charge in [-0.25, -0.2) is 0 Å². The smallest absolute Gasteiger partial charge is 0.161 e. The van der Waals surface area contributed by atoms with Gasteiger partial charge in [-0.15, -0.1) is 0 Å². The summed E-state index contributed by atoms with van der Waals surface area (Å²) in [7, 11) is 3.22. The van der Waals surface area contributed by atoms with Crippen LogP contribution < -0.4 is 9.47 Å². The van der Waals surface area contributed by atoms with Crippen LogP contribution in [0.25, 0.3) is 0 Å². The maximum atomic E-state index is 10.4. The molecule has 0 amide bonds. The van der Waals surface area contributed by atoms with Gasteiger partial charge < -0.3 is 19.5 Å². The van der Waals surface area contributed by atoms with E-state index in [-0.39, 0.29) is 0 Å². The number of hydrogen-bond acceptors (Lipinski definition) is 4. The number of benzene rings is 1. The lowest BCUT2D eigenvalue weighted by Gasteiger charge is -2.22. The van der Waals surface area contributed by atoms with Gasteiger partial charge in [-0.2, -0.15) is 0 Å². The largest absolute Gasteiger partial charge is 0.493 e. The van der Waals surface area contributed by atoms with Crippen molar-refractivity contribution in [2.75, 3.05) is 33.9 Å². The first-order valence-corrected chi connectivity index (χ1v) is 7.78. The minimum absolute atomic E-state index is 0.471. The number of methoxy groups -OCH3 is 2. The maximum absolute atomic E-state index is 10.4. The Morgan fingerprint density at radius 1 is 1.00 bits per heavy atom. The highest BCUT2D eigenvalue weighted by Gasteiger charge is 2.13. The van der Waals surface area contributed by atoms with Gasteiger partial charge in [-0.1, -0.05) is 19.9 Å². The molecule has 4 nitrogen and oxygen atoms in total. The van der Waals surface area contributed by atoms with Crippen LogP contribution in [0.4, 0.5) is 0 Å². The molecule has 21 heavy (non-hydrogen) atoms. The Kier molecular flexibility index (Phi) is 8.16. The molecule has 0 aliphatic carbocycles. The van der Waals surface area contributed by atoms with Crippen molar-refractivity contribution >= 4 is 0 Å². The van der Waals surface area contributed by atoms with Crippen molar-refractivity contribution in [1.82, 2.24) is 4.90 Å². The molecule has 4 heteroatoms. The monoisotopic (exact) mass is 295 g/mol. The highest BCUT2D eigenvalue weighted by molar-refractivity contribution is 5.43. The van der Waals surface area contributed by atoms with Crippen LogP contribution in [0.5, 0.6) is 11.5 Å². The lowest BCUT2D eigenvalue weighted by atomic mass is 10.1. The molecule has 1 rings (SSSR count). The molecular weight excluding hydrogens is 266 g/mol. The molecule has 0 aromatic heterocycles. The SMILES string of the molecule is CCCN(CCC)CCC(O)c1ccc(OC)c(OC)c1. The van der Waals surface area contributed by atoms with E-state index in [0.29, 0.717) is 11.5 Å². The molecule has 0 spiro atoms. The molecule has 1 aromatic carbocycles. The van der Waals surface area contributed by atoms with E-state index in [1.165, 1.54) is 0 Å². The van der Waals surface area contributed by atoms with Crippen LogP contribution in [0.3, 0.4) is 0 Å². The van der Waals surface area contributed by atoms with E-state index in [0.717, 1.165) is 44.5 Å². The van der Waals surface area contributed by atoms with Crippen LogP contribution >= 0.6 is 0 Å². The van der Waals surface area contributed by atoms with Crippen molar-refractivity contribution in [2.24, 2.45) is 0 Å². The molecular formula is C17H29NO3. The molecule has 0 heterocycles. The summed E-state index contributed by atoms with van der Waals surface area (Å²) in [4.78, 5) is 2.41. The van der Waals surface area contributed by atoms with E-state index in [4.69, 9.17) is 9.47 Å². The van der Waals surface area contributed by atoms with Gasteiger partial charge in [-0.05, 0) is 50.0 Å². The van der Waals surface area contributed by atoms with Gasteiger partial charge in [0, 0.05) is 6.54 Å². The van der Waals surface area contributed by atoms with E-state index in [1.54, 1.807) is 14.2 Å². The number of hydrogen-bond donors (Lipinski definition) is 1. The molecule has 0 saturated carbocycles. The summed E-state index contributed by atoms with van der Waals surface area (Å²) in [6, 6.07) is 5.59. The first kappa shape index (κ1) is 17.8. The first-order valence-electron chi connectivity index (χ1n) is 7.78. The topological polar surface area (TPSA) is 41.9 Å². The molecule has 0 aliphatic rings. The summed E-state index contributed by atoms with van der Waals surface area (Å²) in [6.07, 6.45) is 2.55. The highest BCUT2D eigenvalue weighted by Crippen LogP contribution is 2.30.